The van der Waals surface area contributed by atoms with E-state index >= 15 is 0 Å². The molecule has 2 rings (SSSR count). The molecule has 0 spiro atoms. The summed E-state index contributed by atoms with van der Waals surface area (Å²) in [4.78, 5) is 3.38. The van der Waals surface area contributed by atoms with Crippen LogP contribution in [0.2, 0.25) is 0 Å². The highest BCUT2D eigenvalue weighted by molar-refractivity contribution is 7.12. The first-order valence-electron chi connectivity index (χ1n) is 6.75. The highest BCUT2D eigenvalue weighted by Gasteiger charge is 2.22. The van der Waals surface area contributed by atoms with E-state index in [-0.39, 0.29) is 0 Å². The Morgan fingerprint density at radius 3 is 2.19 bits per heavy atom. The van der Waals surface area contributed by atoms with Gasteiger partial charge in [-0.05, 0) is 48.6 Å². The Labute approximate surface area is 104 Å². The molecule has 0 saturated carbocycles. The van der Waals surface area contributed by atoms with Crippen LogP contribution in [0.25, 0.3) is 0 Å². The van der Waals surface area contributed by atoms with Crippen molar-refractivity contribution >= 4 is 11.3 Å². The molecular weight excluding hydrogens is 212 g/mol. The van der Waals surface area contributed by atoms with E-state index in [1.165, 1.54) is 32.1 Å². The number of hydrogen-bond acceptors (Lipinski definition) is 1. The van der Waals surface area contributed by atoms with E-state index in [0.717, 1.165) is 0 Å². The highest BCUT2D eigenvalue weighted by Crippen LogP contribution is 2.40. The van der Waals surface area contributed by atoms with Crippen molar-refractivity contribution in [2.45, 2.75) is 71.6 Å². The molecule has 0 bridgehead atoms. The Kier molecular flexibility index (Phi) is 3.73. The molecule has 1 aromatic rings. The van der Waals surface area contributed by atoms with Gasteiger partial charge in [0, 0.05) is 9.75 Å². The van der Waals surface area contributed by atoms with Gasteiger partial charge in [-0.15, -0.1) is 11.3 Å². The van der Waals surface area contributed by atoms with Crippen molar-refractivity contribution in [2.75, 3.05) is 0 Å². The van der Waals surface area contributed by atoms with E-state index in [2.05, 4.69) is 39.0 Å². The molecule has 16 heavy (non-hydrogen) atoms. The minimum Gasteiger partial charge on any atom is -0.145 e. The summed E-state index contributed by atoms with van der Waals surface area (Å²) in [5.74, 6) is 1.41. The summed E-state index contributed by atoms with van der Waals surface area (Å²) in [6, 6.07) is 0. The lowest BCUT2D eigenvalue weighted by Crippen LogP contribution is -1.98. The molecule has 0 nitrogen and oxygen atoms in total. The van der Waals surface area contributed by atoms with Crippen molar-refractivity contribution in [1.29, 1.82) is 0 Å². The summed E-state index contributed by atoms with van der Waals surface area (Å²) in [5, 5.41) is 0. The fraction of sp³-hybridized carbons (Fsp3) is 0.733. The van der Waals surface area contributed by atoms with Crippen molar-refractivity contribution < 1.29 is 0 Å². The van der Waals surface area contributed by atoms with Gasteiger partial charge in [0.1, 0.15) is 0 Å². The third-order valence-corrected chi connectivity index (χ3v) is 5.20. The minimum atomic E-state index is 0.703. The maximum Gasteiger partial charge on any atom is 0.0111 e. The van der Waals surface area contributed by atoms with Gasteiger partial charge in [0.05, 0.1) is 0 Å². The van der Waals surface area contributed by atoms with E-state index in [4.69, 9.17) is 0 Å². The molecule has 0 aliphatic heterocycles. The van der Waals surface area contributed by atoms with Gasteiger partial charge in [-0.1, -0.05) is 34.1 Å². The Morgan fingerprint density at radius 1 is 0.875 bits per heavy atom. The molecule has 0 radical (unpaired) electrons. The van der Waals surface area contributed by atoms with E-state index < -0.39 is 0 Å². The molecule has 0 atom stereocenters. The van der Waals surface area contributed by atoms with Crippen LogP contribution in [0, 0.1) is 0 Å². The third-order valence-electron chi connectivity index (χ3n) is 3.59. The zero-order valence-corrected chi connectivity index (χ0v) is 11.9. The lowest BCUT2D eigenvalue weighted by atomic mass is 9.92. The van der Waals surface area contributed by atoms with Gasteiger partial charge in [-0.3, -0.25) is 0 Å². The fourth-order valence-corrected chi connectivity index (χ4v) is 4.40. The first kappa shape index (κ1) is 12.2. The summed E-state index contributed by atoms with van der Waals surface area (Å²) >= 11 is 2.11. The molecule has 0 unspecified atom stereocenters. The van der Waals surface area contributed by atoms with E-state index in [1.54, 1.807) is 20.9 Å². The maximum atomic E-state index is 2.36. The summed E-state index contributed by atoms with van der Waals surface area (Å²) in [6.07, 6.45) is 6.91. The summed E-state index contributed by atoms with van der Waals surface area (Å²) < 4.78 is 0. The number of fused-ring (bicyclic) bond motifs is 1. The molecule has 90 valence electrons. The third kappa shape index (κ3) is 2.20. The molecule has 1 heterocycles. The molecule has 0 N–H and O–H groups in total. The Morgan fingerprint density at radius 2 is 1.56 bits per heavy atom. The predicted octanol–water partition coefficient (Wildman–Crippen LogP) is 5.26. The predicted molar refractivity (Wildman–Crippen MR) is 73.8 cm³/mol. The zero-order chi connectivity index (χ0) is 11.7. The normalized spacial score (nSPS) is 16.6. The second kappa shape index (κ2) is 4.91. The quantitative estimate of drug-likeness (QED) is 0.614. The van der Waals surface area contributed by atoms with Crippen LogP contribution in [0.4, 0.5) is 0 Å². The first-order chi connectivity index (χ1) is 7.61. The van der Waals surface area contributed by atoms with Crippen LogP contribution < -0.4 is 0 Å². The lowest BCUT2D eigenvalue weighted by Gasteiger charge is -2.13. The fourth-order valence-electron chi connectivity index (χ4n) is 2.85. The number of hydrogen-bond donors (Lipinski definition) is 0. The van der Waals surface area contributed by atoms with E-state index in [1.807, 2.05) is 0 Å². The van der Waals surface area contributed by atoms with Crippen molar-refractivity contribution in [2.24, 2.45) is 0 Å². The van der Waals surface area contributed by atoms with Gasteiger partial charge < -0.3 is 0 Å². The van der Waals surface area contributed by atoms with Crippen molar-refractivity contribution in [1.82, 2.24) is 0 Å². The molecule has 1 heteroatoms. The largest absolute Gasteiger partial charge is 0.145 e. The monoisotopic (exact) mass is 236 g/mol. The van der Waals surface area contributed by atoms with E-state index in [0.29, 0.717) is 11.8 Å². The first-order valence-corrected chi connectivity index (χ1v) is 7.57. The number of rotatable bonds is 2. The van der Waals surface area contributed by atoms with Crippen LogP contribution in [-0.2, 0) is 12.8 Å². The Balaban J connectivity index is 2.48. The molecule has 0 aromatic carbocycles. The molecule has 1 aliphatic carbocycles. The van der Waals surface area contributed by atoms with Crippen LogP contribution in [0.3, 0.4) is 0 Å². The standard InChI is InChI=1S/C15H24S/c1-10(2)14-12-8-6-5-7-9-13(12)16-15(14)11(3)4/h10-11H,5-9H2,1-4H3. The summed E-state index contributed by atoms with van der Waals surface area (Å²) in [7, 11) is 0. The number of aryl methyl sites for hydroxylation is 1. The van der Waals surface area contributed by atoms with Gasteiger partial charge in [0.2, 0.25) is 0 Å². The van der Waals surface area contributed by atoms with Crippen molar-refractivity contribution in [3.05, 3.63) is 20.9 Å². The van der Waals surface area contributed by atoms with Crippen LogP contribution in [-0.4, -0.2) is 0 Å². The minimum absolute atomic E-state index is 0.703. The maximum absolute atomic E-state index is 2.36. The van der Waals surface area contributed by atoms with Crippen molar-refractivity contribution in [3.63, 3.8) is 0 Å². The van der Waals surface area contributed by atoms with Gasteiger partial charge in [0.15, 0.2) is 0 Å². The summed E-state index contributed by atoms with van der Waals surface area (Å²) in [5.41, 5.74) is 3.44. The average molecular weight is 236 g/mol. The van der Waals surface area contributed by atoms with Gasteiger partial charge in [0.25, 0.3) is 0 Å². The van der Waals surface area contributed by atoms with Gasteiger partial charge in [-0.2, -0.15) is 0 Å². The molecule has 1 aromatic heterocycles. The van der Waals surface area contributed by atoms with Crippen LogP contribution in [0.15, 0.2) is 0 Å². The molecular formula is C15H24S. The second-order valence-electron chi connectivity index (χ2n) is 5.65. The van der Waals surface area contributed by atoms with Crippen LogP contribution in [0.1, 0.15) is 79.7 Å². The topological polar surface area (TPSA) is 0 Å². The molecule has 0 amide bonds. The van der Waals surface area contributed by atoms with Crippen LogP contribution in [0.5, 0.6) is 0 Å². The summed E-state index contributed by atoms with van der Waals surface area (Å²) in [6.45, 7) is 9.41. The smallest absolute Gasteiger partial charge is 0.0111 e. The lowest BCUT2D eigenvalue weighted by molar-refractivity contribution is 0.706. The van der Waals surface area contributed by atoms with Crippen molar-refractivity contribution in [3.8, 4) is 0 Å². The Bertz CT molecular complexity index is 358. The molecule has 0 fully saturated rings. The zero-order valence-electron chi connectivity index (χ0n) is 11.1. The molecule has 1 aliphatic rings. The molecule has 0 saturated heterocycles. The van der Waals surface area contributed by atoms with Gasteiger partial charge >= 0.3 is 0 Å². The Hall–Kier alpha value is -0.300. The SMILES string of the molecule is CC(C)c1sc2c(c1C(C)C)CCCCC2. The highest BCUT2D eigenvalue weighted by atomic mass is 32.1. The number of thiophene rings is 1. The average Bonchev–Trinajstić information content (AvgIpc) is 2.43. The van der Waals surface area contributed by atoms with Crippen LogP contribution >= 0.6 is 11.3 Å². The second-order valence-corrected chi connectivity index (χ2v) is 6.79. The van der Waals surface area contributed by atoms with Gasteiger partial charge in [-0.25, -0.2) is 0 Å². The van der Waals surface area contributed by atoms with E-state index in [9.17, 15) is 0 Å².